The van der Waals surface area contributed by atoms with Crippen LogP contribution in [0.2, 0.25) is 10.0 Å². The van der Waals surface area contributed by atoms with Crippen molar-refractivity contribution in [3.05, 3.63) is 28.2 Å². The van der Waals surface area contributed by atoms with Gasteiger partial charge in [0.2, 0.25) is 0 Å². The molecule has 1 aromatic rings. The number of aliphatic imine (C=N–C) groups is 1. The zero-order valence-electron chi connectivity index (χ0n) is 10.8. The summed E-state index contributed by atoms with van der Waals surface area (Å²) in [4.78, 5) is 4.31. The lowest BCUT2D eigenvalue weighted by Gasteiger charge is -2.09. The number of para-hydroxylation sites is 1. The molecule has 1 rings (SSSR count). The molecular weight excluding hydrogens is 255 g/mol. The lowest BCUT2D eigenvalue weighted by Crippen LogP contribution is -2.08. The van der Waals surface area contributed by atoms with E-state index >= 15 is 0 Å². The Balaban J connectivity index is 0.00000121. The van der Waals surface area contributed by atoms with Gasteiger partial charge in [-0.15, -0.1) is 0 Å². The van der Waals surface area contributed by atoms with Gasteiger partial charge >= 0.3 is 0 Å². The lowest BCUT2D eigenvalue weighted by molar-refractivity contribution is 0.931. The smallest absolute Gasteiger partial charge is 0.0976 e. The predicted molar refractivity (Wildman–Crippen MR) is 79.7 cm³/mol. The fourth-order valence-corrected chi connectivity index (χ4v) is 1.61. The molecular formula is C13H20Cl2N2. The van der Waals surface area contributed by atoms with Gasteiger partial charge < -0.3 is 5.32 Å². The number of hydrogen-bond acceptors (Lipinski definition) is 1. The quantitative estimate of drug-likeness (QED) is 0.590. The highest BCUT2D eigenvalue weighted by Crippen LogP contribution is 2.29. The molecule has 0 atom stereocenters. The third kappa shape index (κ3) is 5.94. The van der Waals surface area contributed by atoms with Crippen molar-refractivity contribution in [3.63, 3.8) is 0 Å². The van der Waals surface area contributed by atoms with Crippen LogP contribution < -0.4 is 5.32 Å². The van der Waals surface area contributed by atoms with Crippen LogP contribution in [0.4, 0.5) is 5.69 Å². The van der Waals surface area contributed by atoms with Gasteiger partial charge in [-0.25, -0.2) is 0 Å². The van der Waals surface area contributed by atoms with Crippen LogP contribution in [0.15, 0.2) is 23.2 Å². The second-order valence-electron chi connectivity index (χ2n) is 3.19. The van der Waals surface area contributed by atoms with Crippen LogP contribution in [0.1, 0.15) is 34.1 Å². The van der Waals surface area contributed by atoms with Crippen LogP contribution in [0.5, 0.6) is 0 Å². The van der Waals surface area contributed by atoms with Gasteiger partial charge in [-0.2, -0.15) is 0 Å². The number of amidine groups is 1. The van der Waals surface area contributed by atoms with Gasteiger partial charge in [0.25, 0.3) is 0 Å². The van der Waals surface area contributed by atoms with Crippen LogP contribution in [-0.4, -0.2) is 12.4 Å². The molecule has 2 nitrogen and oxygen atoms in total. The number of rotatable bonds is 3. The fraction of sp³-hybridized carbons (Fsp3) is 0.462. The minimum atomic E-state index is 0.605. The second-order valence-corrected chi connectivity index (χ2v) is 4.00. The Hall–Kier alpha value is -0.730. The van der Waals surface area contributed by atoms with Crippen molar-refractivity contribution >= 4 is 34.7 Å². The van der Waals surface area contributed by atoms with Gasteiger partial charge in [0, 0.05) is 6.54 Å². The molecule has 0 aliphatic heterocycles. The molecule has 96 valence electrons. The van der Waals surface area contributed by atoms with Crippen LogP contribution in [0, 0.1) is 0 Å². The summed E-state index contributed by atoms with van der Waals surface area (Å²) in [5, 5.41) is 4.31. The molecule has 1 aromatic carbocycles. The molecule has 0 unspecified atom stereocenters. The average Bonchev–Trinajstić information content (AvgIpc) is 2.34. The van der Waals surface area contributed by atoms with E-state index in [-0.39, 0.29) is 0 Å². The first kappa shape index (κ1) is 16.3. The number of hydrogen-bond donors (Lipinski definition) is 1. The van der Waals surface area contributed by atoms with Crippen LogP contribution in [0.25, 0.3) is 0 Å². The normalized spacial score (nSPS) is 10.6. The first-order valence-corrected chi connectivity index (χ1v) is 6.62. The number of benzene rings is 1. The third-order valence-electron chi connectivity index (χ3n) is 1.84. The summed E-state index contributed by atoms with van der Waals surface area (Å²) >= 11 is 12.0. The molecule has 0 fully saturated rings. The standard InChI is InChI=1S/C11H14Cl2N2.C2H6/c1-3-7-14-8(2)15-11-9(12)5-4-6-10(11)13;1-2/h4-6H,3,7H2,1-2H3,(H,14,15);1-2H3. The maximum absolute atomic E-state index is 6.01. The van der Waals surface area contributed by atoms with Crippen molar-refractivity contribution in [2.45, 2.75) is 34.1 Å². The number of nitrogens with one attached hydrogen (secondary N) is 1. The summed E-state index contributed by atoms with van der Waals surface area (Å²) in [5.41, 5.74) is 0.721. The van der Waals surface area contributed by atoms with Gasteiger partial charge in [0.1, 0.15) is 0 Å². The zero-order valence-corrected chi connectivity index (χ0v) is 12.4. The Morgan fingerprint density at radius 1 is 1.24 bits per heavy atom. The minimum Gasteiger partial charge on any atom is -0.342 e. The van der Waals surface area contributed by atoms with Crippen molar-refractivity contribution in [2.75, 3.05) is 11.9 Å². The average molecular weight is 275 g/mol. The van der Waals surface area contributed by atoms with E-state index in [0.717, 1.165) is 24.5 Å². The molecule has 0 aliphatic rings. The van der Waals surface area contributed by atoms with Crippen LogP contribution in [-0.2, 0) is 0 Å². The maximum atomic E-state index is 6.01. The second kappa shape index (κ2) is 9.32. The zero-order chi connectivity index (χ0) is 13.3. The van der Waals surface area contributed by atoms with E-state index in [1.807, 2.05) is 26.8 Å². The third-order valence-corrected chi connectivity index (χ3v) is 2.47. The highest BCUT2D eigenvalue weighted by molar-refractivity contribution is 6.39. The Morgan fingerprint density at radius 2 is 1.76 bits per heavy atom. The van der Waals surface area contributed by atoms with Crippen molar-refractivity contribution in [2.24, 2.45) is 4.99 Å². The van der Waals surface area contributed by atoms with Gasteiger partial charge in [0.15, 0.2) is 0 Å². The molecule has 0 aliphatic carbocycles. The van der Waals surface area contributed by atoms with Crippen LogP contribution >= 0.6 is 23.2 Å². The highest BCUT2D eigenvalue weighted by atomic mass is 35.5. The van der Waals surface area contributed by atoms with E-state index in [9.17, 15) is 0 Å². The van der Waals surface area contributed by atoms with Crippen LogP contribution in [0.3, 0.4) is 0 Å². The van der Waals surface area contributed by atoms with Crippen molar-refractivity contribution in [1.82, 2.24) is 0 Å². The Kier molecular flexibility index (Phi) is 8.92. The highest BCUT2D eigenvalue weighted by Gasteiger charge is 2.04. The molecule has 4 heteroatoms. The van der Waals surface area contributed by atoms with Gasteiger partial charge in [-0.1, -0.05) is 50.0 Å². The van der Waals surface area contributed by atoms with E-state index in [0.29, 0.717) is 10.0 Å². The van der Waals surface area contributed by atoms with E-state index in [1.54, 1.807) is 12.1 Å². The Bertz CT molecular complexity index is 342. The summed E-state index contributed by atoms with van der Waals surface area (Å²) in [5.74, 6) is 0.826. The topological polar surface area (TPSA) is 24.4 Å². The Labute approximate surface area is 114 Å². The van der Waals surface area contributed by atoms with E-state index in [1.165, 1.54) is 0 Å². The summed E-state index contributed by atoms with van der Waals surface area (Å²) in [6.45, 7) is 8.79. The van der Waals surface area contributed by atoms with E-state index in [2.05, 4.69) is 17.2 Å². The minimum absolute atomic E-state index is 0.605. The molecule has 0 saturated carbocycles. The maximum Gasteiger partial charge on any atom is 0.0976 e. The summed E-state index contributed by atoms with van der Waals surface area (Å²) in [7, 11) is 0. The summed E-state index contributed by atoms with van der Waals surface area (Å²) < 4.78 is 0. The molecule has 0 saturated heterocycles. The molecule has 0 radical (unpaired) electrons. The number of anilines is 1. The molecule has 0 aromatic heterocycles. The first-order chi connectivity index (χ1) is 8.15. The monoisotopic (exact) mass is 274 g/mol. The Morgan fingerprint density at radius 3 is 2.24 bits per heavy atom. The molecule has 1 N–H and O–H groups in total. The number of nitrogens with zero attached hydrogens (tertiary/aromatic N) is 1. The summed E-state index contributed by atoms with van der Waals surface area (Å²) in [6, 6.07) is 5.40. The predicted octanol–water partition coefficient (Wildman–Crippen LogP) is 5.26. The first-order valence-electron chi connectivity index (χ1n) is 5.87. The molecule has 17 heavy (non-hydrogen) atoms. The number of halogens is 2. The molecule has 0 spiro atoms. The SMILES string of the molecule is CC.CCCN=C(C)Nc1c(Cl)cccc1Cl. The van der Waals surface area contributed by atoms with Gasteiger partial charge in [-0.05, 0) is 25.5 Å². The van der Waals surface area contributed by atoms with Crippen molar-refractivity contribution in [3.8, 4) is 0 Å². The largest absolute Gasteiger partial charge is 0.342 e. The van der Waals surface area contributed by atoms with Crippen molar-refractivity contribution < 1.29 is 0 Å². The van der Waals surface area contributed by atoms with Gasteiger partial charge in [0.05, 0.1) is 21.6 Å². The van der Waals surface area contributed by atoms with Gasteiger partial charge in [-0.3, -0.25) is 4.99 Å². The molecule has 0 heterocycles. The fourth-order valence-electron chi connectivity index (χ4n) is 1.12. The lowest BCUT2D eigenvalue weighted by atomic mass is 10.3. The van der Waals surface area contributed by atoms with Crippen molar-refractivity contribution in [1.29, 1.82) is 0 Å². The molecule has 0 amide bonds. The van der Waals surface area contributed by atoms with E-state index in [4.69, 9.17) is 23.2 Å². The molecule has 0 bridgehead atoms. The summed E-state index contributed by atoms with van der Waals surface area (Å²) in [6.07, 6.45) is 1.02. The van der Waals surface area contributed by atoms with E-state index < -0.39 is 0 Å².